The molecule has 0 unspecified atom stereocenters. The monoisotopic (exact) mass is 399 g/mol. The molecule has 0 aliphatic carbocycles. The van der Waals surface area contributed by atoms with Crippen molar-refractivity contribution in [3.63, 3.8) is 0 Å². The molecule has 1 N–H and O–H groups in total. The quantitative estimate of drug-likeness (QED) is 0.683. The van der Waals surface area contributed by atoms with E-state index in [1.165, 1.54) is 16.7 Å². The van der Waals surface area contributed by atoms with Gasteiger partial charge in [0.05, 0.1) is 16.1 Å². The van der Waals surface area contributed by atoms with Crippen LogP contribution in [0.1, 0.15) is 18.5 Å². The lowest BCUT2D eigenvalue weighted by molar-refractivity contribution is -0.122. The first kappa shape index (κ1) is 17.7. The van der Waals surface area contributed by atoms with Crippen LogP contribution in [0.25, 0.3) is 5.78 Å². The molecule has 7 nitrogen and oxygen atoms in total. The maximum Gasteiger partial charge on any atom is 0.352 e. The van der Waals surface area contributed by atoms with E-state index in [9.17, 15) is 9.59 Å². The van der Waals surface area contributed by atoms with Crippen LogP contribution in [0.2, 0.25) is 15.2 Å². The number of benzene rings is 1. The molecule has 0 saturated heterocycles. The fourth-order valence-corrected chi connectivity index (χ4v) is 2.71. The van der Waals surface area contributed by atoms with Crippen LogP contribution >= 0.6 is 34.8 Å². The Hall–Kier alpha value is -2.09. The van der Waals surface area contributed by atoms with Crippen LogP contribution in [0.15, 0.2) is 35.3 Å². The molecule has 130 valence electrons. The van der Waals surface area contributed by atoms with Crippen LogP contribution in [0, 0.1) is 0 Å². The maximum atomic E-state index is 12.2. The summed E-state index contributed by atoms with van der Waals surface area (Å²) in [6, 6.07) is 6.25. The van der Waals surface area contributed by atoms with Crippen LogP contribution in [0.4, 0.5) is 0 Å². The van der Waals surface area contributed by atoms with E-state index in [0.717, 1.165) is 10.2 Å². The molecule has 3 rings (SSSR count). The number of carbonyl (C=O) groups excluding carboxylic acids is 1. The Kier molecular flexibility index (Phi) is 4.99. The van der Waals surface area contributed by atoms with Gasteiger partial charge in [-0.15, -0.1) is 5.10 Å². The molecular formula is C15H12Cl3N5O2. The SMILES string of the molecule is C[C@H](NC(=O)Cn1nc2nc(Cl)ccn2c1=O)c1ccc(Cl)c(Cl)c1. The summed E-state index contributed by atoms with van der Waals surface area (Å²) in [6.45, 7) is 1.55. The highest BCUT2D eigenvalue weighted by atomic mass is 35.5. The number of amides is 1. The molecule has 0 bridgehead atoms. The third-order valence-corrected chi connectivity index (χ3v) is 4.48. The second-order valence-corrected chi connectivity index (χ2v) is 6.52. The highest BCUT2D eigenvalue weighted by Gasteiger charge is 2.15. The summed E-state index contributed by atoms with van der Waals surface area (Å²) in [5.41, 5.74) is 0.315. The Morgan fingerprint density at radius 2 is 2.00 bits per heavy atom. The minimum atomic E-state index is -0.475. The number of nitrogens with one attached hydrogen (secondary N) is 1. The largest absolute Gasteiger partial charge is 0.352 e. The van der Waals surface area contributed by atoms with Gasteiger partial charge < -0.3 is 5.32 Å². The minimum absolute atomic E-state index is 0.128. The van der Waals surface area contributed by atoms with Gasteiger partial charge in [-0.1, -0.05) is 40.9 Å². The van der Waals surface area contributed by atoms with Crippen LogP contribution in [0.5, 0.6) is 0 Å². The summed E-state index contributed by atoms with van der Waals surface area (Å²) in [4.78, 5) is 28.3. The smallest absolute Gasteiger partial charge is 0.348 e. The van der Waals surface area contributed by atoms with Gasteiger partial charge in [0.2, 0.25) is 5.91 Å². The Morgan fingerprint density at radius 3 is 2.72 bits per heavy atom. The lowest BCUT2D eigenvalue weighted by Crippen LogP contribution is -2.34. The third kappa shape index (κ3) is 3.78. The summed E-state index contributed by atoms with van der Waals surface area (Å²) < 4.78 is 2.23. The molecule has 2 heterocycles. The fourth-order valence-electron chi connectivity index (χ4n) is 2.28. The molecule has 0 radical (unpaired) electrons. The molecule has 0 spiro atoms. The van der Waals surface area contributed by atoms with Crippen molar-refractivity contribution in [2.24, 2.45) is 0 Å². The highest BCUT2D eigenvalue weighted by molar-refractivity contribution is 6.42. The molecule has 0 fully saturated rings. The van der Waals surface area contributed by atoms with E-state index in [-0.39, 0.29) is 29.4 Å². The molecule has 0 saturated carbocycles. The third-order valence-electron chi connectivity index (χ3n) is 3.53. The topological polar surface area (TPSA) is 81.3 Å². The van der Waals surface area contributed by atoms with Crippen molar-refractivity contribution in [2.75, 3.05) is 0 Å². The standard InChI is InChI=1S/C15H12Cl3N5O2/c1-8(9-2-3-10(16)11(17)6-9)19-13(24)7-23-15(25)22-5-4-12(18)20-14(22)21-23/h2-6,8H,7H2,1H3,(H,19,24)/t8-/m0/s1. The van der Waals surface area contributed by atoms with Gasteiger partial charge in [-0.3, -0.25) is 4.79 Å². The van der Waals surface area contributed by atoms with Gasteiger partial charge >= 0.3 is 5.69 Å². The molecule has 1 aromatic carbocycles. The van der Waals surface area contributed by atoms with Gasteiger partial charge in [-0.25, -0.2) is 13.9 Å². The van der Waals surface area contributed by atoms with Gasteiger partial charge in [0, 0.05) is 6.20 Å². The first-order valence-electron chi connectivity index (χ1n) is 7.21. The van der Waals surface area contributed by atoms with Crippen LogP contribution in [0.3, 0.4) is 0 Å². The van der Waals surface area contributed by atoms with Crippen molar-refractivity contribution >= 4 is 46.5 Å². The van der Waals surface area contributed by atoms with Crippen molar-refractivity contribution < 1.29 is 4.79 Å². The number of aromatic nitrogens is 4. The zero-order chi connectivity index (χ0) is 18.1. The molecule has 25 heavy (non-hydrogen) atoms. The summed E-state index contributed by atoms with van der Waals surface area (Å²) in [7, 11) is 0. The minimum Gasteiger partial charge on any atom is -0.348 e. The fraction of sp³-hybridized carbons (Fsp3) is 0.200. The van der Waals surface area contributed by atoms with Crippen molar-refractivity contribution in [2.45, 2.75) is 19.5 Å². The zero-order valence-corrected chi connectivity index (χ0v) is 15.2. The Morgan fingerprint density at radius 1 is 1.24 bits per heavy atom. The predicted molar refractivity (Wildman–Crippen MR) is 95.3 cm³/mol. The molecular weight excluding hydrogens is 389 g/mol. The second kappa shape index (κ2) is 7.03. The van der Waals surface area contributed by atoms with Gasteiger partial charge in [-0.05, 0) is 30.7 Å². The first-order valence-corrected chi connectivity index (χ1v) is 8.34. The number of nitrogens with zero attached hydrogens (tertiary/aromatic N) is 4. The van der Waals surface area contributed by atoms with Crippen molar-refractivity contribution in [3.05, 3.63) is 61.7 Å². The average molecular weight is 401 g/mol. The van der Waals surface area contributed by atoms with Crippen molar-refractivity contribution in [1.29, 1.82) is 0 Å². The molecule has 0 aliphatic rings. The van der Waals surface area contributed by atoms with Crippen LogP contribution in [-0.2, 0) is 11.3 Å². The normalized spacial score (nSPS) is 12.3. The Labute approximate surface area is 157 Å². The highest BCUT2D eigenvalue weighted by Crippen LogP contribution is 2.25. The van der Waals surface area contributed by atoms with E-state index in [1.807, 2.05) is 0 Å². The maximum absolute atomic E-state index is 12.2. The number of rotatable bonds is 4. The van der Waals surface area contributed by atoms with Crippen LogP contribution in [-0.4, -0.2) is 25.1 Å². The number of hydrogen-bond acceptors (Lipinski definition) is 4. The molecule has 2 aromatic heterocycles. The average Bonchev–Trinajstić information content (AvgIpc) is 2.85. The molecule has 1 atom stereocenters. The number of carbonyl (C=O) groups is 1. The number of halogens is 3. The van der Waals surface area contributed by atoms with Gasteiger partial charge in [0.25, 0.3) is 5.78 Å². The number of hydrogen-bond donors (Lipinski definition) is 1. The molecule has 0 aliphatic heterocycles. The summed E-state index contributed by atoms with van der Waals surface area (Å²) in [6.07, 6.45) is 1.45. The Bertz CT molecular complexity index is 1010. The molecule has 10 heteroatoms. The second-order valence-electron chi connectivity index (χ2n) is 5.32. The number of fused-ring (bicyclic) bond motifs is 1. The Balaban J connectivity index is 1.75. The van der Waals surface area contributed by atoms with Crippen molar-refractivity contribution in [3.8, 4) is 0 Å². The van der Waals surface area contributed by atoms with Crippen molar-refractivity contribution in [1.82, 2.24) is 24.5 Å². The van der Waals surface area contributed by atoms with E-state index in [4.69, 9.17) is 34.8 Å². The zero-order valence-electron chi connectivity index (χ0n) is 12.9. The van der Waals surface area contributed by atoms with E-state index in [1.54, 1.807) is 25.1 Å². The lowest BCUT2D eigenvalue weighted by atomic mass is 10.1. The first-order chi connectivity index (χ1) is 11.8. The summed E-state index contributed by atoms with van der Waals surface area (Å²) in [5, 5.41) is 7.82. The van der Waals surface area contributed by atoms with E-state index in [2.05, 4.69) is 15.4 Å². The van der Waals surface area contributed by atoms with Gasteiger partial charge in [-0.2, -0.15) is 4.98 Å². The molecule has 3 aromatic rings. The summed E-state index contributed by atoms with van der Waals surface area (Å²) in [5.74, 6) is -0.252. The van der Waals surface area contributed by atoms with Gasteiger partial charge in [0.1, 0.15) is 11.7 Å². The predicted octanol–water partition coefficient (Wildman–Crippen LogP) is 2.73. The van der Waals surface area contributed by atoms with Crippen LogP contribution < -0.4 is 11.0 Å². The van der Waals surface area contributed by atoms with E-state index < -0.39 is 5.69 Å². The van der Waals surface area contributed by atoms with Gasteiger partial charge in [0.15, 0.2) is 0 Å². The van der Waals surface area contributed by atoms with E-state index in [0.29, 0.717) is 10.0 Å². The summed E-state index contributed by atoms with van der Waals surface area (Å²) >= 11 is 17.6. The lowest BCUT2D eigenvalue weighted by Gasteiger charge is -2.14. The molecule has 1 amide bonds. The van der Waals surface area contributed by atoms with E-state index >= 15 is 0 Å².